The number of aryl methyl sites for hydroxylation is 1. The van der Waals surface area contributed by atoms with Crippen LogP contribution in [0, 0.1) is 0 Å². The third kappa shape index (κ3) is 0.656. The molecule has 2 heterocycles. The average Bonchev–Trinajstić information content (AvgIpc) is 2.69. The molecule has 0 saturated heterocycles. The number of nitrogens with zero attached hydrogens (tertiary/aromatic N) is 3. The highest BCUT2D eigenvalue weighted by Gasteiger charge is 2.17. The third-order valence-electron chi connectivity index (χ3n) is 2.01. The van der Waals surface area contributed by atoms with E-state index in [1.165, 1.54) is 11.0 Å². The van der Waals surface area contributed by atoms with Gasteiger partial charge >= 0.3 is 0 Å². The van der Waals surface area contributed by atoms with E-state index in [1.54, 1.807) is 0 Å². The molecule has 3 rings (SSSR count). The monoisotopic (exact) mass is 163 g/mol. The Morgan fingerprint density at radius 3 is 1.75 bits per heavy atom. The van der Waals surface area contributed by atoms with Gasteiger partial charge in [0.2, 0.25) is 0 Å². The van der Waals surface area contributed by atoms with Crippen molar-refractivity contribution in [1.82, 2.24) is 14.1 Å². The second-order valence-electron chi connectivity index (χ2n) is 2.56. The fraction of sp³-hybridized carbons (Fsp3) is 0.333. The summed E-state index contributed by atoms with van der Waals surface area (Å²) in [4.78, 5) is 2.07. The number of rotatable bonds is 0. The lowest BCUT2D eigenvalue weighted by Crippen LogP contribution is -1.87. The predicted octanol–water partition coefficient (Wildman–Crippen LogP) is 1.99. The van der Waals surface area contributed by atoms with Gasteiger partial charge in [0, 0.05) is 7.05 Å². The minimum Gasteiger partial charge on any atom is -0.187 e. The molecule has 0 aliphatic rings. The molecule has 0 atom stereocenters. The molecule has 0 fully saturated rings. The first-order valence-electron chi connectivity index (χ1n) is 4.32. The molecular formula is C9H13N3. The molecule has 0 amide bonds. The van der Waals surface area contributed by atoms with E-state index in [1.807, 2.05) is 20.9 Å². The highest BCUT2D eigenvalue weighted by Crippen LogP contribution is 2.20. The molecular weight excluding hydrogens is 150 g/mol. The van der Waals surface area contributed by atoms with Gasteiger partial charge in [-0.2, -0.15) is 14.1 Å². The van der Waals surface area contributed by atoms with Gasteiger partial charge in [-0.25, -0.2) is 0 Å². The summed E-state index contributed by atoms with van der Waals surface area (Å²) in [5.74, 6) is 0. The first kappa shape index (κ1) is 7.28. The molecule has 0 unspecified atom stereocenters. The van der Waals surface area contributed by atoms with E-state index in [0.717, 1.165) is 0 Å². The summed E-state index contributed by atoms with van der Waals surface area (Å²) < 4.78 is 4.24. The van der Waals surface area contributed by atoms with Gasteiger partial charge in [-0.15, -0.1) is 0 Å². The van der Waals surface area contributed by atoms with Gasteiger partial charge in [0.15, 0.2) is 0 Å². The van der Waals surface area contributed by atoms with E-state index in [2.05, 4.69) is 38.3 Å². The normalized spacial score (nSPS) is 10.9. The Hall–Kier alpha value is -1.38. The van der Waals surface area contributed by atoms with E-state index in [-0.39, 0.29) is 0 Å². The Balaban J connectivity index is 0.000000264. The maximum atomic E-state index is 2.12. The first-order valence-corrected chi connectivity index (χ1v) is 4.32. The van der Waals surface area contributed by atoms with Crippen LogP contribution in [-0.4, -0.2) is 14.1 Å². The van der Waals surface area contributed by atoms with E-state index < -0.39 is 0 Å². The number of fused-ring (bicyclic) bond motifs is 4. The number of hydrogen-bond acceptors (Lipinski definition) is 0. The van der Waals surface area contributed by atoms with Crippen molar-refractivity contribution in [3.8, 4) is 0 Å². The van der Waals surface area contributed by atoms with Gasteiger partial charge in [-0.05, 0) is 12.1 Å². The Morgan fingerprint density at radius 1 is 0.917 bits per heavy atom. The quantitative estimate of drug-likeness (QED) is 0.481. The van der Waals surface area contributed by atoms with Crippen LogP contribution in [0.25, 0.3) is 11.0 Å². The Labute approximate surface area is 71.1 Å². The summed E-state index contributed by atoms with van der Waals surface area (Å²) in [5.41, 5.74) is 2.62. The summed E-state index contributed by atoms with van der Waals surface area (Å²) in [5, 5.41) is 0. The molecule has 0 aliphatic heterocycles. The maximum absolute atomic E-state index is 2.12. The second kappa shape index (κ2) is 2.30. The zero-order chi connectivity index (χ0) is 8.72. The number of hydrogen-bond donors (Lipinski definition) is 0. The maximum Gasteiger partial charge on any atom is 0.113 e. The molecule has 3 heteroatoms. The second-order valence-corrected chi connectivity index (χ2v) is 2.56. The van der Waals surface area contributed by atoms with Crippen molar-refractivity contribution in [2.75, 3.05) is 0 Å². The van der Waals surface area contributed by atoms with Gasteiger partial charge in [-0.3, -0.25) is 0 Å². The van der Waals surface area contributed by atoms with E-state index in [0.29, 0.717) is 0 Å². The summed E-state index contributed by atoms with van der Waals surface area (Å²) in [6.45, 7) is 4.00. The van der Waals surface area contributed by atoms with E-state index >= 15 is 0 Å². The van der Waals surface area contributed by atoms with Gasteiger partial charge in [0.1, 0.15) is 11.0 Å². The van der Waals surface area contributed by atoms with Crippen molar-refractivity contribution < 1.29 is 0 Å². The number of para-hydroxylation sites is 2. The molecule has 2 aromatic heterocycles. The lowest BCUT2D eigenvalue weighted by Gasteiger charge is -1.93. The van der Waals surface area contributed by atoms with Crippen LogP contribution >= 0.6 is 0 Å². The molecule has 0 spiro atoms. The summed E-state index contributed by atoms with van der Waals surface area (Å²) in [6, 6.07) is 8.36. The fourth-order valence-corrected chi connectivity index (χ4v) is 1.47. The largest absolute Gasteiger partial charge is 0.187 e. The first-order chi connectivity index (χ1) is 5.89. The lowest BCUT2D eigenvalue weighted by atomic mass is 10.3. The zero-order valence-corrected chi connectivity index (χ0v) is 7.65. The van der Waals surface area contributed by atoms with Gasteiger partial charge in [0.25, 0.3) is 0 Å². The van der Waals surface area contributed by atoms with E-state index in [4.69, 9.17) is 0 Å². The number of benzene rings is 1. The molecule has 64 valence electrons. The van der Waals surface area contributed by atoms with Crippen LogP contribution in [0.5, 0.6) is 0 Å². The minimum atomic E-state index is 1.31. The van der Waals surface area contributed by atoms with Crippen molar-refractivity contribution >= 4 is 11.0 Å². The smallest absolute Gasteiger partial charge is 0.113 e. The van der Waals surface area contributed by atoms with Crippen LogP contribution < -0.4 is 0 Å². The van der Waals surface area contributed by atoms with Crippen molar-refractivity contribution in [2.45, 2.75) is 13.8 Å². The van der Waals surface area contributed by atoms with Crippen LogP contribution in [-0.2, 0) is 7.05 Å². The molecule has 3 nitrogen and oxygen atoms in total. The number of aromatic nitrogens is 3. The van der Waals surface area contributed by atoms with E-state index in [9.17, 15) is 0 Å². The summed E-state index contributed by atoms with van der Waals surface area (Å²) in [7, 11) is 2.04. The van der Waals surface area contributed by atoms with Gasteiger partial charge < -0.3 is 0 Å². The fourth-order valence-electron chi connectivity index (χ4n) is 1.47. The van der Waals surface area contributed by atoms with Crippen LogP contribution in [0.4, 0.5) is 0 Å². The standard InChI is InChI=1S/C7H7N3.C2H6/c1-8-9-6-4-2-3-5-7(6)10(8)9;1-2/h2-5H,1H3;1-2H3. The molecule has 1 aromatic carbocycles. The molecule has 3 aromatic rings. The third-order valence-corrected chi connectivity index (χ3v) is 2.01. The Bertz CT molecular complexity index is 427. The van der Waals surface area contributed by atoms with Crippen LogP contribution in [0.2, 0.25) is 0 Å². The molecule has 0 bridgehead atoms. The lowest BCUT2D eigenvalue weighted by molar-refractivity contribution is 0.877. The van der Waals surface area contributed by atoms with Crippen LogP contribution in [0.3, 0.4) is 0 Å². The summed E-state index contributed by atoms with van der Waals surface area (Å²) >= 11 is 0. The van der Waals surface area contributed by atoms with Crippen molar-refractivity contribution in [2.24, 2.45) is 7.05 Å². The SMILES string of the molecule is CC.Cn1n2c3ccccc3n12. The van der Waals surface area contributed by atoms with Gasteiger partial charge in [-0.1, -0.05) is 26.0 Å². The molecule has 0 radical (unpaired) electrons. The van der Waals surface area contributed by atoms with Crippen LogP contribution in [0.15, 0.2) is 24.3 Å². The predicted molar refractivity (Wildman–Crippen MR) is 49.9 cm³/mol. The molecule has 0 saturated carbocycles. The summed E-state index contributed by atoms with van der Waals surface area (Å²) in [6.07, 6.45) is 0. The zero-order valence-electron chi connectivity index (χ0n) is 7.65. The van der Waals surface area contributed by atoms with Gasteiger partial charge in [0.05, 0.1) is 0 Å². The Morgan fingerprint density at radius 2 is 1.33 bits per heavy atom. The highest BCUT2D eigenvalue weighted by molar-refractivity contribution is 5.78. The topological polar surface area (TPSA) is 13.8 Å². The van der Waals surface area contributed by atoms with Crippen molar-refractivity contribution in [3.05, 3.63) is 24.3 Å². The molecule has 0 N–H and O–H groups in total. The average molecular weight is 163 g/mol. The highest BCUT2D eigenvalue weighted by atomic mass is 15.9. The van der Waals surface area contributed by atoms with Crippen LogP contribution in [0.1, 0.15) is 13.8 Å². The minimum absolute atomic E-state index is 1.31. The molecule has 0 aliphatic carbocycles. The van der Waals surface area contributed by atoms with Crippen molar-refractivity contribution in [1.29, 1.82) is 0 Å². The van der Waals surface area contributed by atoms with Crippen molar-refractivity contribution in [3.63, 3.8) is 0 Å². The molecule has 12 heavy (non-hydrogen) atoms. The Kier molecular flexibility index (Phi) is 1.40.